The second-order valence-corrected chi connectivity index (χ2v) is 17.6. The smallest absolute Gasteiger partial charge is 0.460 e. The molecule has 3 aromatic carbocycles. The number of hydrogen-bond acceptors (Lipinski definition) is 3. The number of carbonyl (C=O) groups excluding carboxylic acids is 1. The Kier molecular flexibility index (Phi) is 17.2. The maximum Gasteiger partial charge on any atom is 0.460 e. The van der Waals surface area contributed by atoms with E-state index in [0.29, 0.717) is 6.42 Å². The Balaban J connectivity index is 2.09. The Hall–Kier alpha value is -4.33. The van der Waals surface area contributed by atoms with Crippen LogP contribution in [-0.4, -0.2) is 78.0 Å². The molecule has 3 rings (SSSR count). The molecule has 0 aliphatic heterocycles. The Morgan fingerprint density at radius 1 is 0.397 bits per heavy atom. The first kappa shape index (κ1) is 58.0. The zero-order valence-electron chi connectivity index (χ0n) is 34.5. The number of halogens is 23. The first-order chi connectivity index (χ1) is 30.9. The summed E-state index contributed by atoms with van der Waals surface area (Å²) in [6, 6.07) is 14.8. The van der Waals surface area contributed by atoms with E-state index in [9.17, 15) is 88.2 Å². The molecule has 27 heteroatoms. The largest absolute Gasteiger partial charge is 0.494 e. The average molecular weight is 1050 g/mol. The normalized spacial score (nSPS) is 14.8. The predicted molar refractivity (Wildman–Crippen MR) is 196 cm³/mol. The van der Waals surface area contributed by atoms with E-state index < -0.39 is 96.4 Å². The Morgan fingerprint density at radius 2 is 0.706 bits per heavy atom. The van der Waals surface area contributed by atoms with E-state index in [1.54, 1.807) is 0 Å². The number of hydrogen-bond donors (Lipinski definition) is 0. The Bertz CT molecular complexity index is 2060. The minimum absolute atomic E-state index is 0.0339. The predicted octanol–water partition coefficient (Wildman–Crippen LogP) is 16.3. The van der Waals surface area contributed by atoms with Crippen LogP contribution in [0.5, 0.6) is 5.75 Å². The zero-order chi connectivity index (χ0) is 52.3. The number of ether oxygens (including phenoxy) is 1. The molecule has 386 valence electrons. The van der Waals surface area contributed by atoms with Crippen LogP contribution in [0, 0.1) is 0 Å². The van der Waals surface area contributed by atoms with Crippen molar-refractivity contribution in [3.8, 4) is 5.75 Å². The molecular weight excluding hydrogens is 1010 g/mol. The van der Waals surface area contributed by atoms with Crippen molar-refractivity contribution < 1.29 is 115 Å². The van der Waals surface area contributed by atoms with Crippen LogP contribution in [0.2, 0.25) is 0 Å². The number of benzene rings is 3. The number of rotatable bonds is 25. The molecule has 0 heterocycles. The molecule has 0 N–H and O–H groups in total. The molecule has 0 saturated heterocycles. The summed E-state index contributed by atoms with van der Waals surface area (Å²) >= 11 is 0. The van der Waals surface area contributed by atoms with Gasteiger partial charge in [0.15, 0.2) is 0 Å². The molecule has 0 aliphatic carbocycles. The molecule has 68 heavy (non-hydrogen) atoms. The van der Waals surface area contributed by atoms with E-state index >= 15 is 17.6 Å². The average Bonchev–Trinajstić information content (AvgIpc) is 3.25. The summed E-state index contributed by atoms with van der Waals surface area (Å²) in [4.78, 5) is 11.7. The lowest BCUT2D eigenvalue weighted by Crippen LogP contribution is -2.78. The quantitative estimate of drug-likeness (QED) is 0.0627. The molecule has 0 radical (unpaired) electrons. The molecule has 0 bridgehead atoms. The van der Waals surface area contributed by atoms with E-state index in [0.717, 1.165) is 124 Å². The van der Waals surface area contributed by atoms with Crippen molar-refractivity contribution in [2.45, 2.75) is 145 Å². The van der Waals surface area contributed by atoms with E-state index in [1.807, 2.05) is 0 Å². The highest BCUT2D eigenvalue weighted by Gasteiger charge is 2.99. The third-order valence-electron chi connectivity index (χ3n) is 10.2. The summed E-state index contributed by atoms with van der Waals surface area (Å²) in [7, 11) is -4.45. The second kappa shape index (κ2) is 20.2. The van der Waals surface area contributed by atoms with Gasteiger partial charge in [-0.2, -0.15) is 101 Å². The summed E-state index contributed by atoms with van der Waals surface area (Å²) < 4.78 is 336. The van der Waals surface area contributed by atoms with Crippen molar-refractivity contribution in [2.75, 3.05) is 6.61 Å². The van der Waals surface area contributed by atoms with Crippen LogP contribution >= 0.6 is 10.3 Å². The van der Waals surface area contributed by atoms with Gasteiger partial charge >= 0.3 is 71.4 Å². The van der Waals surface area contributed by atoms with Gasteiger partial charge in [0.05, 0.1) is 6.61 Å². The maximum absolute atomic E-state index is 15.6. The monoisotopic (exact) mass is 1050 g/mol. The summed E-state index contributed by atoms with van der Waals surface area (Å²) in [5, 5.41) is 0. The zero-order valence-corrected chi connectivity index (χ0v) is 35.3. The van der Waals surface area contributed by atoms with Gasteiger partial charge < -0.3 is 8.92 Å². The van der Waals surface area contributed by atoms with Crippen molar-refractivity contribution in [2.24, 2.45) is 0 Å². The van der Waals surface area contributed by atoms with Gasteiger partial charge in [0.25, 0.3) is 0 Å². The molecule has 0 aliphatic rings. The first-order valence-corrected chi connectivity index (χ1v) is 21.2. The van der Waals surface area contributed by atoms with Crippen molar-refractivity contribution in [1.82, 2.24) is 0 Å². The highest BCUT2D eigenvalue weighted by Crippen LogP contribution is 2.71. The van der Waals surface area contributed by atoms with Gasteiger partial charge in [0, 0.05) is 14.7 Å². The Labute approximate surface area is 372 Å². The van der Waals surface area contributed by atoms with Crippen LogP contribution in [0.15, 0.2) is 99.6 Å². The minimum atomic E-state index is -9.57. The first-order valence-electron chi connectivity index (χ1n) is 19.6. The SMILES string of the molecule is CCCCCCCCCCCOc1ccc(S(OC(=O)C(F)(F)C(F)(F)C(F)(F)C(F)(F)C(F)(F)C(F)(F)C(F)(F)C(F)(F)C(F)(F)C(F)(F)C(F)(F)F)(c2ccccc2)c2ccccc2)cc1. The van der Waals surface area contributed by atoms with Gasteiger partial charge in [-0.3, -0.25) is 0 Å². The highest BCUT2D eigenvalue weighted by molar-refractivity contribution is 8.30. The molecule has 0 aromatic heterocycles. The van der Waals surface area contributed by atoms with Gasteiger partial charge in [0.2, 0.25) is 0 Å². The Morgan fingerprint density at radius 3 is 1.06 bits per heavy atom. The van der Waals surface area contributed by atoms with Crippen molar-refractivity contribution in [3.05, 3.63) is 84.9 Å². The fraction of sp³-hybridized carbons (Fsp3) is 0.537. The van der Waals surface area contributed by atoms with Crippen molar-refractivity contribution >= 4 is 16.3 Å². The van der Waals surface area contributed by atoms with Gasteiger partial charge in [-0.1, -0.05) is 94.7 Å². The van der Waals surface area contributed by atoms with Crippen LogP contribution in [0.1, 0.15) is 64.7 Å². The summed E-state index contributed by atoms with van der Waals surface area (Å²) in [5.74, 6) is -94.6. The lowest BCUT2D eigenvalue weighted by Gasteiger charge is -2.45. The van der Waals surface area contributed by atoms with Gasteiger partial charge in [0.1, 0.15) is 5.75 Å². The van der Waals surface area contributed by atoms with E-state index in [2.05, 4.69) is 6.92 Å². The number of alkyl halides is 23. The maximum atomic E-state index is 15.6. The van der Waals surface area contributed by atoms with Gasteiger partial charge in [-0.15, -0.1) is 0 Å². The number of unbranched alkanes of at least 4 members (excludes halogenated alkanes) is 8. The topological polar surface area (TPSA) is 35.5 Å². The molecule has 0 amide bonds. The lowest BCUT2D eigenvalue weighted by molar-refractivity contribution is -0.477. The molecule has 3 nitrogen and oxygen atoms in total. The second-order valence-electron chi connectivity index (χ2n) is 14.9. The summed E-state index contributed by atoms with van der Waals surface area (Å²) in [5.41, 5.74) is 0. The standard InChI is InChI=1S/C41H37F23O3S/c1-2-3-4-5-6-7-8-9-16-25-66-26-21-23-29(24-22-26)68(27-17-12-10-13-18-27,28-19-14-11-15-20-28)67-30(65)31(42,43)32(44,45)33(46,47)34(48,49)35(50,51)36(52,53)37(54,55)38(56,57)39(58,59)40(60,61)41(62,63)64/h10-15,17-24H,2-9,16,25H2,1H3. The molecule has 0 atom stereocenters. The van der Waals surface area contributed by atoms with E-state index in [-0.39, 0.29) is 12.4 Å². The van der Waals surface area contributed by atoms with E-state index in [4.69, 9.17) is 8.92 Å². The molecule has 0 saturated carbocycles. The molecule has 0 spiro atoms. The van der Waals surface area contributed by atoms with Crippen molar-refractivity contribution in [3.63, 3.8) is 0 Å². The van der Waals surface area contributed by atoms with Crippen LogP contribution < -0.4 is 4.74 Å². The molecular formula is C41H37F23O3S. The minimum Gasteiger partial charge on any atom is -0.494 e. The molecule has 0 unspecified atom stereocenters. The molecule has 0 fully saturated rings. The highest BCUT2D eigenvalue weighted by atomic mass is 32.3. The third kappa shape index (κ3) is 9.74. The number of carbonyl (C=O) groups is 1. The van der Waals surface area contributed by atoms with E-state index in [1.165, 1.54) is 12.1 Å². The van der Waals surface area contributed by atoms with Crippen molar-refractivity contribution in [1.29, 1.82) is 0 Å². The summed E-state index contributed by atoms with van der Waals surface area (Å²) in [6.45, 7) is 2.17. The van der Waals surface area contributed by atoms with Crippen LogP contribution in [-0.2, 0) is 8.98 Å². The van der Waals surface area contributed by atoms with Crippen LogP contribution in [0.25, 0.3) is 0 Å². The van der Waals surface area contributed by atoms with Crippen LogP contribution in [0.4, 0.5) is 101 Å². The third-order valence-corrected chi connectivity index (χ3v) is 13.4. The van der Waals surface area contributed by atoms with Crippen LogP contribution in [0.3, 0.4) is 0 Å². The fourth-order valence-corrected chi connectivity index (χ4v) is 9.19. The van der Waals surface area contributed by atoms with Gasteiger partial charge in [-0.05, 0) is 65.3 Å². The summed E-state index contributed by atoms with van der Waals surface area (Å²) in [6.07, 6.45) is 0.228. The lowest BCUT2D eigenvalue weighted by atomic mass is 9.85. The fourth-order valence-electron chi connectivity index (χ4n) is 6.16. The molecule has 3 aromatic rings. The van der Waals surface area contributed by atoms with Gasteiger partial charge in [-0.25, -0.2) is 4.79 Å².